The molecule has 0 spiro atoms. The lowest BCUT2D eigenvalue weighted by molar-refractivity contribution is -0.132. The predicted molar refractivity (Wildman–Crippen MR) is 66.5 cm³/mol. The first kappa shape index (κ1) is 10.8. The molecule has 3 rings (SSSR count). The maximum absolute atomic E-state index is 12.5. The first-order chi connectivity index (χ1) is 8.22. The van der Waals surface area contributed by atoms with Crippen LogP contribution in [0.4, 0.5) is 0 Å². The van der Waals surface area contributed by atoms with Gasteiger partial charge in [0.05, 0.1) is 5.41 Å². The molecule has 1 saturated carbocycles. The van der Waals surface area contributed by atoms with E-state index < -0.39 is 0 Å². The fourth-order valence-electron chi connectivity index (χ4n) is 2.78. The van der Waals surface area contributed by atoms with E-state index in [1.54, 1.807) is 0 Å². The van der Waals surface area contributed by atoms with E-state index in [0.29, 0.717) is 0 Å². The molecule has 3 nitrogen and oxygen atoms in total. The molecule has 0 unspecified atom stereocenters. The predicted octanol–water partition coefficient (Wildman–Crippen LogP) is 1.28. The van der Waals surface area contributed by atoms with Crippen molar-refractivity contribution in [1.29, 1.82) is 0 Å². The number of benzene rings is 1. The van der Waals surface area contributed by atoms with Gasteiger partial charge in [0.15, 0.2) is 0 Å². The van der Waals surface area contributed by atoms with E-state index >= 15 is 0 Å². The third-order valence-electron chi connectivity index (χ3n) is 4.00. The summed E-state index contributed by atoms with van der Waals surface area (Å²) in [6.45, 7) is 1.56. The number of rotatable bonds is 2. The van der Waals surface area contributed by atoms with Crippen LogP contribution in [0.1, 0.15) is 24.8 Å². The molecule has 90 valence electrons. The number of hydrogen-bond donors (Lipinski definition) is 1. The summed E-state index contributed by atoms with van der Waals surface area (Å²) in [6.07, 6.45) is 2.92. The van der Waals surface area contributed by atoms with Gasteiger partial charge in [-0.25, -0.2) is 0 Å². The Hall–Kier alpha value is -1.35. The number of nitrogens with two attached hydrogens (primary N) is 1. The molecule has 3 heteroatoms. The summed E-state index contributed by atoms with van der Waals surface area (Å²) in [5, 5.41) is 0. The van der Waals surface area contributed by atoms with E-state index in [0.717, 1.165) is 32.4 Å². The topological polar surface area (TPSA) is 46.3 Å². The van der Waals surface area contributed by atoms with Crippen LogP contribution >= 0.6 is 0 Å². The Labute approximate surface area is 102 Å². The van der Waals surface area contributed by atoms with Gasteiger partial charge in [0, 0.05) is 19.1 Å². The zero-order valence-corrected chi connectivity index (χ0v) is 9.93. The van der Waals surface area contributed by atoms with Gasteiger partial charge in [-0.05, 0) is 24.8 Å². The van der Waals surface area contributed by atoms with Gasteiger partial charge < -0.3 is 10.6 Å². The van der Waals surface area contributed by atoms with Crippen molar-refractivity contribution in [3.63, 3.8) is 0 Å². The Bertz CT molecular complexity index is 425. The van der Waals surface area contributed by atoms with Gasteiger partial charge in [-0.15, -0.1) is 0 Å². The zero-order valence-electron chi connectivity index (χ0n) is 9.93. The fraction of sp³-hybridized carbons (Fsp3) is 0.500. The van der Waals surface area contributed by atoms with Crippen molar-refractivity contribution in [3.05, 3.63) is 35.9 Å². The van der Waals surface area contributed by atoms with Crippen molar-refractivity contribution in [1.82, 2.24) is 4.90 Å². The number of carbonyl (C=O) groups is 1. The van der Waals surface area contributed by atoms with Crippen LogP contribution in [0.3, 0.4) is 0 Å². The Morgan fingerprint density at radius 3 is 2.53 bits per heavy atom. The molecule has 1 aliphatic heterocycles. The highest BCUT2D eigenvalue weighted by molar-refractivity contribution is 5.91. The van der Waals surface area contributed by atoms with E-state index in [4.69, 9.17) is 5.73 Å². The number of carbonyl (C=O) groups excluding carboxylic acids is 1. The van der Waals surface area contributed by atoms with Crippen LogP contribution in [0.25, 0.3) is 0 Å². The number of amides is 1. The highest BCUT2D eigenvalue weighted by Crippen LogP contribution is 2.49. The van der Waals surface area contributed by atoms with E-state index in [1.807, 2.05) is 23.1 Å². The summed E-state index contributed by atoms with van der Waals surface area (Å²) < 4.78 is 0. The van der Waals surface area contributed by atoms with Gasteiger partial charge in [0.25, 0.3) is 0 Å². The minimum absolute atomic E-state index is 0.172. The van der Waals surface area contributed by atoms with Crippen molar-refractivity contribution < 1.29 is 4.79 Å². The van der Waals surface area contributed by atoms with Crippen LogP contribution in [0.2, 0.25) is 0 Å². The van der Waals surface area contributed by atoms with Gasteiger partial charge >= 0.3 is 0 Å². The van der Waals surface area contributed by atoms with Crippen LogP contribution in [-0.2, 0) is 10.2 Å². The molecule has 0 aromatic heterocycles. The molecule has 1 heterocycles. The van der Waals surface area contributed by atoms with Crippen LogP contribution < -0.4 is 5.73 Å². The van der Waals surface area contributed by atoms with Crippen molar-refractivity contribution in [2.75, 3.05) is 13.1 Å². The fourth-order valence-corrected chi connectivity index (χ4v) is 2.78. The van der Waals surface area contributed by atoms with Gasteiger partial charge in [-0.1, -0.05) is 30.3 Å². The molecule has 1 amide bonds. The van der Waals surface area contributed by atoms with Crippen LogP contribution in [-0.4, -0.2) is 29.9 Å². The molecule has 1 atom stereocenters. The average Bonchev–Trinajstić information content (AvgIpc) is 3.07. The number of nitrogens with zero attached hydrogens (tertiary/aromatic N) is 1. The molecule has 1 aliphatic carbocycles. The molecule has 17 heavy (non-hydrogen) atoms. The summed E-state index contributed by atoms with van der Waals surface area (Å²) in [7, 11) is 0. The van der Waals surface area contributed by atoms with Crippen molar-refractivity contribution in [3.8, 4) is 0 Å². The first-order valence-corrected chi connectivity index (χ1v) is 6.33. The SMILES string of the molecule is N[C@@H]1CCN(C(=O)C2(c3ccccc3)CC2)C1. The normalized spacial score (nSPS) is 25.9. The van der Waals surface area contributed by atoms with Gasteiger partial charge in [-0.3, -0.25) is 4.79 Å². The highest BCUT2D eigenvalue weighted by atomic mass is 16.2. The van der Waals surface area contributed by atoms with Crippen molar-refractivity contribution in [2.24, 2.45) is 5.73 Å². The number of likely N-dealkylation sites (tertiary alicyclic amines) is 1. The Balaban J connectivity index is 1.82. The molecule has 2 aliphatic rings. The quantitative estimate of drug-likeness (QED) is 0.832. The Kier molecular flexibility index (Phi) is 2.44. The van der Waals surface area contributed by atoms with E-state index in [1.165, 1.54) is 5.56 Å². The molecule has 0 radical (unpaired) electrons. The molecular weight excluding hydrogens is 212 g/mol. The highest BCUT2D eigenvalue weighted by Gasteiger charge is 2.53. The van der Waals surface area contributed by atoms with Crippen LogP contribution in [0.5, 0.6) is 0 Å². The molecule has 1 aromatic rings. The smallest absolute Gasteiger partial charge is 0.233 e. The van der Waals surface area contributed by atoms with E-state index in [-0.39, 0.29) is 17.4 Å². The molecular formula is C14H18N2O. The number of hydrogen-bond acceptors (Lipinski definition) is 2. The second-order valence-electron chi connectivity index (χ2n) is 5.25. The maximum atomic E-state index is 12.5. The summed E-state index contributed by atoms with van der Waals surface area (Å²) in [5.74, 6) is 0.289. The minimum Gasteiger partial charge on any atom is -0.340 e. The molecule has 2 N–H and O–H groups in total. The van der Waals surface area contributed by atoms with Gasteiger partial charge in [-0.2, -0.15) is 0 Å². The Morgan fingerprint density at radius 2 is 2.00 bits per heavy atom. The third kappa shape index (κ3) is 1.75. The molecule has 0 bridgehead atoms. The van der Waals surface area contributed by atoms with Crippen LogP contribution in [0, 0.1) is 0 Å². The lowest BCUT2D eigenvalue weighted by Crippen LogP contribution is -2.39. The summed E-state index contributed by atoms with van der Waals surface area (Å²) in [4.78, 5) is 14.5. The average molecular weight is 230 g/mol. The zero-order chi connectivity index (χ0) is 11.9. The van der Waals surface area contributed by atoms with Crippen molar-refractivity contribution >= 4 is 5.91 Å². The largest absolute Gasteiger partial charge is 0.340 e. The molecule has 2 fully saturated rings. The monoisotopic (exact) mass is 230 g/mol. The van der Waals surface area contributed by atoms with Crippen molar-refractivity contribution in [2.45, 2.75) is 30.7 Å². The molecule has 1 aromatic carbocycles. The molecule has 1 saturated heterocycles. The summed E-state index contributed by atoms with van der Waals surface area (Å²) in [5.41, 5.74) is 6.83. The Morgan fingerprint density at radius 1 is 1.29 bits per heavy atom. The van der Waals surface area contributed by atoms with E-state index in [2.05, 4.69) is 12.1 Å². The summed E-state index contributed by atoms with van der Waals surface area (Å²) >= 11 is 0. The summed E-state index contributed by atoms with van der Waals surface area (Å²) in [6, 6.07) is 10.3. The van der Waals surface area contributed by atoms with Gasteiger partial charge in [0.2, 0.25) is 5.91 Å². The maximum Gasteiger partial charge on any atom is 0.233 e. The third-order valence-corrected chi connectivity index (χ3v) is 4.00. The second kappa shape index (κ2) is 3.84. The second-order valence-corrected chi connectivity index (χ2v) is 5.25. The first-order valence-electron chi connectivity index (χ1n) is 6.33. The standard InChI is InChI=1S/C14H18N2O/c15-12-6-9-16(10-12)13(17)14(7-8-14)11-4-2-1-3-5-11/h1-5,12H,6-10,15H2/t12-/m1/s1. The minimum atomic E-state index is -0.217. The van der Waals surface area contributed by atoms with E-state index in [9.17, 15) is 4.79 Å². The van der Waals surface area contributed by atoms with Crippen LogP contribution in [0.15, 0.2) is 30.3 Å². The lowest BCUT2D eigenvalue weighted by Gasteiger charge is -2.23. The van der Waals surface area contributed by atoms with Gasteiger partial charge in [0.1, 0.15) is 0 Å². The lowest BCUT2D eigenvalue weighted by atomic mass is 9.94.